The molecule has 1 fully saturated rings. The number of amides is 2. The first-order valence-corrected chi connectivity index (χ1v) is 9.66. The first-order chi connectivity index (χ1) is 13.9. The van der Waals surface area contributed by atoms with Gasteiger partial charge in [0.2, 0.25) is 5.91 Å². The summed E-state index contributed by atoms with van der Waals surface area (Å²) in [5.74, 6) is -0.844. The first-order valence-electron chi connectivity index (χ1n) is 9.66. The molecule has 152 valence electrons. The van der Waals surface area contributed by atoms with Gasteiger partial charge in [-0.1, -0.05) is 12.7 Å². The largest absolute Gasteiger partial charge is 0.332 e. The number of anilines is 1. The Balaban J connectivity index is 1.40. The fraction of sp³-hybridized carbons (Fsp3) is 0.400. The third kappa shape index (κ3) is 4.13. The highest BCUT2D eigenvalue weighted by Crippen LogP contribution is 2.39. The van der Waals surface area contributed by atoms with E-state index in [0.717, 1.165) is 29.7 Å². The van der Waals surface area contributed by atoms with Crippen molar-refractivity contribution in [2.45, 2.75) is 38.1 Å². The molecule has 4 rings (SSSR count). The van der Waals surface area contributed by atoms with Crippen LogP contribution in [0.2, 0.25) is 0 Å². The van der Waals surface area contributed by atoms with Crippen molar-refractivity contribution in [2.75, 3.05) is 18.4 Å². The van der Waals surface area contributed by atoms with Crippen LogP contribution in [-0.2, 0) is 9.59 Å². The molecule has 0 bridgehead atoms. The molecule has 1 saturated carbocycles. The third-order valence-electron chi connectivity index (χ3n) is 5.28. The van der Waals surface area contributed by atoms with E-state index < -0.39 is 17.8 Å². The van der Waals surface area contributed by atoms with Crippen LogP contribution >= 0.6 is 0 Å². The molecule has 2 aromatic rings. The molecule has 29 heavy (non-hydrogen) atoms. The highest BCUT2D eigenvalue weighted by atomic mass is 19.1. The van der Waals surface area contributed by atoms with Crippen molar-refractivity contribution >= 4 is 23.2 Å². The van der Waals surface area contributed by atoms with E-state index in [9.17, 15) is 14.0 Å². The summed E-state index contributed by atoms with van der Waals surface area (Å²) in [6.07, 6.45) is 8.33. The Bertz CT molecular complexity index is 987. The molecule has 1 aliphatic carbocycles. The van der Waals surface area contributed by atoms with E-state index in [4.69, 9.17) is 0 Å². The minimum atomic E-state index is -0.963. The van der Waals surface area contributed by atoms with Crippen LogP contribution in [0.4, 0.5) is 10.2 Å². The summed E-state index contributed by atoms with van der Waals surface area (Å²) in [6, 6.07) is 1.32. The number of halogens is 1. The van der Waals surface area contributed by atoms with Crippen LogP contribution in [0.3, 0.4) is 0 Å². The van der Waals surface area contributed by atoms with Crippen LogP contribution in [0.5, 0.6) is 0 Å². The summed E-state index contributed by atoms with van der Waals surface area (Å²) >= 11 is 0. The van der Waals surface area contributed by atoms with Gasteiger partial charge in [0.05, 0.1) is 6.20 Å². The van der Waals surface area contributed by atoms with E-state index in [1.165, 1.54) is 4.90 Å². The quantitative estimate of drug-likeness (QED) is 0.732. The molecule has 1 unspecified atom stereocenters. The number of aromatic amines is 1. The van der Waals surface area contributed by atoms with Crippen molar-refractivity contribution in [3.63, 3.8) is 0 Å². The molecular formula is C20H23FN6O2. The van der Waals surface area contributed by atoms with Crippen molar-refractivity contribution < 1.29 is 14.0 Å². The number of aromatic nitrogens is 4. The zero-order chi connectivity index (χ0) is 20.5. The molecule has 9 heteroatoms. The smallest absolute Gasteiger partial charge is 0.282 e. The second-order valence-corrected chi connectivity index (χ2v) is 7.51. The lowest BCUT2D eigenvalue weighted by atomic mass is 10.0. The number of nitrogens with one attached hydrogen (secondary N) is 2. The Labute approximate surface area is 167 Å². The van der Waals surface area contributed by atoms with Crippen molar-refractivity contribution in [3.8, 4) is 0 Å². The number of carbonyl (C=O) groups is 2. The second-order valence-electron chi connectivity index (χ2n) is 7.51. The van der Waals surface area contributed by atoms with Gasteiger partial charge in [0.25, 0.3) is 5.91 Å². The van der Waals surface area contributed by atoms with Gasteiger partial charge < -0.3 is 10.2 Å². The van der Waals surface area contributed by atoms with Crippen LogP contribution in [0.1, 0.15) is 49.4 Å². The highest BCUT2D eigenvalue weighted by molar-refractivity contribution is 5.93. The maximum atomic E-state index is 13.2. The monoisotopic (exact) mass is 398 g/mol. The molecule has 2 aromatic heterocycles. The lowest BCUT2D eigenvalue weighted by Crippen LogP contribution is -2.35. The average molecular weight is 398 g/mol. The zero-order valence-corrected chi connectivity index (χ0v) is 16.2. The number of H-pyrrole nitrogens is 1. The molecule has 2 aliphatic rings. The van der Waals surface area contributed by atoms with Crippen LogP contribution in [0.15, 0.2) is 36.9 Å². The predicted octanol–water partition coefficient (Wildman–Crippen LogP) is 2.78. The van der Waals surface area contributed by atoms with Gasteiger partial charge in [0.15, 0.2) is 11.6 Å². The topological polar surface area (TPSA) is 95.9 Å². The Morgan fingerprint density at radius 3 is 2.93 bits per heavy atom. The van der Waals surface area contributed by atoms with E-state index in [-0.39, 0.29) is 12.5 Å². The summed E-state index contributed by atoms with van der Waals surface area (Å²) in [6.45, 7) is 5.56. The Morgan fingerprint density at radius 2 is 2.21 bits per heavy atom. The SMILES string of the molecule is C=C(F)C(=O)N1CCC=C(c2cnn(C(C)C(=O)Nc3cc(C4CC4)[nH]n3)c2)C1. The molecule has 0 spiro atoms. The maximum Gasteiger partial charge on any atom is 0.282 e. The second kappa shape index (κ2) is 7.65. The average Bonchev–Trinajstić information content (AvgIpc) is 3.26. The maximum absolute atomic E-state index is 13.2. The molecular weight excluding hydrogens is 375 g/mol. The lowest BCUT2D eigenvalue weighted by Gasteiger charge is -2.26. The normalized spacial score (nSPS) is 17.6. The minimum Gasteiger partial charge on any atom is -0.332 e. The summed E-state index contributed by atoms with van der Waals surface area (Å²) < 4.78 is 14.7. The molecule has 8 nitrogen and oxygen atoms in total. The van der Waals surface area contributed by atoms with Gasteiger partial charge in [-0.25, -0.2) is 4.39 Å². The molecule has 1 aliphatic heterocycles. The molecule has 2 amide bonds. The zero-order valence-electron chi connectivity index (χ0n) is 16.2. The number of hydrogen-bond donors (Lipinski definition) is 2. The van der Waals surface area contributed by atoms with E-state index in [1.807, 2.05) is 12.1 Å². The van der Waals surface area contributed by atoms with Gasteiger partial charge in [-0.2, -0.15) is 10.2 Å². The van der Waals surface area contributed by atoms with Gasteiger partial charge in [0.1, 0.15) is 6.04 Å². The summed E-state index contributed by atoms with van der Waals surface area (Å²) in [7, 11) is 0. The molecule has 1 atom stereocenters. The van der Waals surface area contributed by atoms with Gasteiger partial charge in [-0.15, -0.1) is 0 Å². The van der Waals surface area contributed by atoms with Crippen LogP contribution in [0.25, 0.3) is 5.57 Å². The van der Waals surface area contributed by atoms with Crippen LogP contribution in [0, 0.1) is 0 Å². The molecule has 0 saturated heterocycles. The van der Waals surface area contributed by atoms with Crippen LogP contribution in [-0.4, -0.2) is 49.8 Å². The fourth-order valence-corrected chi connectivity index (χ4v) is 3.37. The summed E-state index contributed by atoms with van der Waals surface area (Å²) in [5.41, 5.74) is 2.71. The van der Waals surface area contributed by atoms with E-state index in [0.29, 0.717) is 24.7 Å². The van der Waals surface area contributed by atoms with E-state index in [2.05, 4.69) is 27.2 Å². The summed E-state index contributed by atoms with van der Waals surface area (Å²) in [4.78, 5) is 25.8. The van der Waals surface area contributed by atoms with Crippen molar-refractivity contribution in [2.24, 2.45) is 0 Å². The van der Waals surface area contributed by atoms with Crippen LogP contribution < -0.4 is 5.32 Å². The molecule has 3 heterocycles. The Hall–Kier alpha value is -3.23. The lowest BCUT2D eigenvalue weighted by molar-refractivity contribution is -0.128. The number of rotatable bonds is 6. The third-order valence-corrected chi connectivity index (χ3v) is 5.28. The highest BCUT2D eigenvalue weighted by Gasteiger charge is 2.26. The van der Waals surface area contributed by atoms with Crippen molar-refractivity contribution in [1.29, 1.82) is 0 Å². The van der Waals surface area contributed by atoms with E-state index in [1.54, 1.807) is 24.0 Å². The number of carbonyl (C=O) groups excluding carboxylic acids is 2. The van der Waals surface area contributed by atoms with Gasteiger partial charge in [0, 0.05) is 42.5 Å². The first kappa shape index (κ1) is 19.1. The molecule has 2 N–H and O–H groups in total. The van der Waals surface area contributed by atoms with Gasteiger partial charge in [-0.05, 0) is 31.8 Å². The minimum absolute atomic E-state index is 0.225. The van der Waals surface area contributed by atoms with Crippen molar-refractivity contribution in [1.82, 2.24) is 24.9 Å². The number of nitrogens with zero attached hydrogens (tertiary/aromatic N) is 4. The van der Waals surface area contributed by atoms with Gasteiger partial charge >= 0.3 is 0 Å². The fourth-order valence-electron chi connectivity index (χ4n) is 3.37. The molecule has 0 aromatic carbocycles. The predicted molar refractivity (Wildman–Crippen MR) is 106 cm³/mol. The number of hydrogen-bond acceptors (Lipinski definition) is 4. The van der Waals surface area contributed by atoms with Crippen molar-refractivity contribution in [3.05, 3.63) is 48.2 Å². The Morgan fingerprint density at radius 1 is 1.41 bits per heavy atom. The Kier molecular flexibility index (Phi) is 5.04. The molecule has 0 radical (unpaired) electrons. The summed E-state index contributed by atoms with van der Waals surface area (Å²) in [5, 5.41) is 14.2. The van der Waals surface area contributed by atoms with E-state index >= 15 is 0 Å². The van der Waals surface area contributed by atoms with Gasteiger partial charge in [-0.3, -0.25) is 19.4 Å². The standard InChI is InChI=1S/C20H23FN6O2/c1-12(21)20(29)26-7-3-4-15(10-26)16-9-22-27(11-16)13(2)19(28)23-18-8-17(24-25-18)14-5-6-14/h4,8-9,11,13-14H,1,3,5-7,10H2,2H3,(H2,23,24,25,28).